The van der Waals surface area contributed by atoms with Gasteiger partial charge in [0.2, 0.25) is 0 Å². The van der Waals surface area contributed by atoms with Gasteiger partial charge in [-0.1, -0.05) is 48.6 Å². The van der Waals surface area contributed by atoms with Crippen LogP contribution >= 0.6 is 0 Å². The molecule has 4 radical (unpaired) electrons. The summed E-state index contributed by atoms with van der Waals surface area (Å²) in [6, 6.07) is 0. The number of allylic oxidation sites excluding steroid dienone is 8. The van der Waals surface area contributed by atoms with Crippen LogP contribution in [0, 0.1) is 12.8 Å². The Labute approximate surface area is 98.4 Å². The van der Waals surface area contributed by atoms with Crippen molar-refractivity contribution >= 4 is 37.7 Å². The summed E-state index contributed by atoms with van der Waals surface area (Å²) in [5, 5.41) is 0. The molecule has 0 aromatic carbocycles. The van der Waals surface area contributed by atoms with Crippen LogP contribution in [0.5, 0.6) is 0 Å². The summed E-state index contributed by atoms with van der Waals surface area (Å²) in [6.45, 7) is 0. The van der Waals surface area contributed by atoms with Crippen molar-refractivity contribution in [3.8, 4) is 0 Å². The molecule has 0 atom stereocenters. The average molecular weight is 170 g/mol. The minimum absolute atomic E-state index is 0. The van der Waals surface area contributed by atoms with Crippen LogP contribution in [0.25, 0.3) is 0 Å². The third kappa shape index (κ3) is 6.61. The maximum atomic E-state index is 2.00. The van der Waals surface area contributed by atoms with Crippen molar-refractivity contribution in [2.24, 2.45) is 0 Å². The van der Waals surface area contributed by atoms with Gasteiger partial charge in [0.25, 0.3) is 0 Å². The second kappa shape index (κ2) is 8.32. The van der Waals surface area contributed by atoms with Crippen LogP contribution in [0.3, 0.4) is 0 Å². The van der Waals surface area contributed by atoms with E-state index in [9.17, 15) is 0 Å². The molecule has 11 heavy (non-hydrogen) atoms. The standard InChI is InChI=1S/2C5H5.Ca/c2*1-2-4-5-3-1;/h2*1-5H;. The molecule has 0 aromatic rings. The van der Waals surface area contributed by atoms with Gasteiger partial charge in [-0.25, -0.2) is 0 Å². The Hall–Kier alpha value is 0.220. The molecular formula is C10H10Ca. The van der Waals surface area contributed by atoms with E-state index in [0.29, 0.717) is 0 Å². The third-order valence-electron chi connectivity index (χ3n) is 1.11. The molecule has 0 heterocycles. The zero-order valence-corrected chi connectivity index (χ0v) is 8.69. The minimum Gasteiger partial charge on any atom is -0.0767 e. The summed E-state index contributed by atoms with van der Waals surface area (Å²) in [7, 11) is 0. The first-order chi connectivity index (χ1) is 5.00. The van der Waals surface area contributed by atoms with Crippen molar-refractivity contribution in [3.63, 3.8) is 0 Å². The van der Waals surface area contributed by atoms with Gasteiger partial charge >= 0.3 is 0 Å². The van der Waals surface area contributed by atoms with Crippen molar-refractivity contribution in [1.82, 2.24) is 0 Å². The number of hydrogen-bond acceptors (Lipinski definition) is 0. The van der Waals surface area contributed by atoms with Crippen molar-refractivity contribution in [2.45, 2.75) is 0 Å². The summed E-state index contributed by atoms with van der Waals surface area (Å²) in [5.41, 5.74) is 0. The summed E-state index contributed by atoms with van der Waals surface area (Å²) >= 11 is 0. The van der Waals surface area contributed by atoms with Gasteiger partial charge in [-0.05, 0) is 0 Å². The van der Waals surface area contributed by atoms with Crippen LogP contribution in [0.4, 0.5) is 0 Å². The smallest absolute Gasteiger partial charge is 0.00506 e. The molecule has 0 spiro atoms. The average Bonchev–Trinajstić information content (AvgIpc) is 2.67. The van der Waals surface area contributed by atoms with Gasteiger partial charge in [0.1, 0.15) is 0 Å². The SMILES string of the molecule is [CH]1C=CC=C1.[CH]1C=CC=C1.[Ca]. The van der Waals surface area contributed by atoms with E-state index in [1.165, 1.54) is 0 Å². The van der Waals surface area contributed by atoms with Gasteiger partial charge in [-0.15, -0.1) is 0 Å². The largest absolute Gasteiger partial charge is 0.0767 e. The molecule has 2 rings (SSSR count). The molecule has 0 N–H and O–H groups in total. The third-order valence-corrected chi connectivity index (χ3v) is 1.11. The molecule has 0 nitrogen and oxygen atoms in total. The summed E-state index contributed by atoms with van der Waals surface area (Å²) in [6.07, 6.45) is 20.0. The van der Waals surface area contributed by atoms with E-state index >= 15 is 0 Å². The van der Waals surface area contributed by atoms with E-state index in [0.717, 1.165) is 0 Å². The molecule has 0 aliphatic heterocycles. The van der Waals surface area contributed by atoms with Gasteiger partial charge in [0.15, 0.2) is 0 Å². The van der Waals surface area contributed by atoms with Crippen molar-refractivity contribution in [2.75, 3.05) is 0 Å². The Bertz CT molecular complexity index is 143. The normalized spacial score (nSPS) is 16.0. The molecule has 0 aromatic heterocycles. The second-order valence-electron chi connectivity index (χ2n) is 1.92. The van der Waals surface area contributed by atoms with Crippen molar-refractivity contribution < 1.29 is 0 Å². The predicted octanol–water partition coefficient (Wildman–Crippen LogP) is 2.25. The Morgan fingerprint density at radius 1 is 0.364 bits per heavy atom. The van der Waals surface area contributed by atoms with Gasteiger partial charge < -0.3 is 0 Å². The van der Waals surface area contributed by atoms with E-state index in [-0.39, 0.29) is 37.7 Å². The molecule has 2 aliphatic rings. The van der Waals surface area contributed by atoms with Crippen LogP contribution in [-0.4, -0.2) is 37.7 Å². The quantitative estimate of drug-likeness (QED) is 0.489. The molecule has 1 heteroatoms. The molecule has 0 saturated carbocycles. The van der Waals surface area contributed by atoms with E-state index < -0.39 is 0 Å². The van der Waals surface area contributed by atoms with Crippen LogP contribution in [0.15, 0.2) is 48.6 Å². The van der Waals surface area contributed by atoms with Crippen LogP contribution < -0.4 is 0 Å². The van der Waals surface area contributed by atoms with Gasteiger partial charge in [-0.3, -0.25) is 0 Å². The molecule has 0 saturated heterocycles. The first kappa shape index (κ1) is 11.2. The van der Waals surface area contributed by atoms with Gasteiger partial charge in [0, 0.05) is 50.6 Å². The van der Waals surface area contributed by atoms with Crippen molar-refractivity contribution in [1.29, 1.82) is 0 Å². The zero-order chi connectivity index (χ0) is 7.07. The first-order valence-corrected chi connectivity index (χ1v) is 3.33. The Balaban J connectivity index is 0.000000167. The maximum absolute atomic E-state index is 2.00. The minimum atomic E-state index is 0. The molecule has 0 amide bonds. The maximum Gasteiger partial charge on any atom is 0.00506 e. The van der Waals surface area contributed by atoms with Crippen LogP contribution in [0.1, 0.15) is 0 Å². The molecule has 2 aliphatic carbocycles. The van der Waals surface area contributed by atoms with E-state index in [1.807, 2.05) is 61.4 Å². The molecule has 0 fully saturated rings. The van der Waals surface area contributed by atoms with Crippen LogP contribution in [0.2, 0.25) is 0 Å². The van der Waals surface area contributed by atoms with Crippen LogP contribution in [-0.2, 0) is 0 Å². The molecule has 0 unspecified atom stereocenters. The summed E-state index contributed by atoms with van der Waals surface area (Å²) < 4.78 is 0. The topological polar surface area (TPSA) is 0 Å². The Kier molecular flexibility index (Phi) is 8.48. The molecular weight excluding hydrogens is 160 g/mol. The summed E-state index contributed by atoms with van der Waals surface area (Å²) in [4.78, 5) is 0. The van der Waals surface area contributed by atoms with E-state index in [2.05, 4.69) is 0 Å². The predicted molar refractivity (Wildman–Crippen MR) is 50.9 cm³/mol. The monoisotopic (exact) mass is 170 g/mol. The number of rotatable bonds is 0. The van der Waals surface area contributed by atoms with Gasteiger partial charge in [-0.2, -0.15) is 0 Å². The van der Waals surface area contributed by atoms with Gasteiger partial charge in [0.05, 0.1) is 0 Å². The summed E-state index contributed by atoms with van der Waals surface area (Å²) in [5.74, 6) is 0. The molecule has 0 bridgehead atoms. The molecule has 52 valence electrons. The van der Waals surface area contributed by atoms with Crippen molar-refractivity contribution in [3.05, 3.63) is 61.4 Å². The fraction of sp³-hybridized carbons (Fsp3) is 0. The Morgan fingerprint density at radius 3 is 0.727 bits per heavy atom. The zero-order valence-electron chi connectivity index (χ0n) is 6.48. The van der Waals surface area contributed by atoms with E-state index in [4.69, 9.17) is 0 Å². The number of hydrogen-bond donors (Lipinski definition) is 0. The fourth-order valence-corrected chi connectivity index (χ4v) is 0.642. The second-order valence-corrected chi connectivity index (χ2v) is 1.92. The van der Waals surface area contributed by atoms with E-state index in [1.54, 1.807) is 0 Å². The Morgan fingerprint density at radius 2 is 0.636 bits per heavy atom. The first-order valence-electron chi connectivity index (χ1n) is 3.33. The fourth-order valence-electron chi connectivity index (χ4n) is 0.642.